The third-order valence-electron chi connectivity index (χ3n) is 5.83. The lowest BCUT2D eigenvalue weighted by Crippen LogP contribution is -2.42. The molecule has 0 N–H and O–H groups in total. The minimum absolute atomic E-state index is 0.0506. The number of hydrogen-bond acceptors (Lipinski definition) is 2. The van der Waals surface area contributed by atoms with E-state index in [9.17, 15) is 4.79 Å². The van der Waals surface area contributed by atoms with Gasteiger partial charge in [-0.25, -0.2) is 4.79 Å². The molecule has 3 heteroatoms. The Hall–Kier alpha value is -3.07. The van der Waals surface area contributed by atoms with Gasteiger partial charge in [0, 0.05) is 6.04 Å². The molecule has 0 aliphatic carbocycles. The van der Waals surface area contributed by atoms with Crippen molar-refractivity contribution in [1.29, 1.82) is 0 Å². The first-order valence-corrected chi connectivity index (χ1v) is 11.2. The van der Waals surface area contributed by atoms with Crippen molar-refractivity contribution in [1.82, 2.24) is 4.90 Å². The fraction of sp³-hybridized carbons (Fsp3) is 0.321. The number of benzene rings is 3. The zero-order valence-electron chi connectivity index (χ0n) is 18.7. The third kappa shape index (κ3) is 5.75. The van der Waals surface area contributed by atoms with Crippen molar-refractivity contribution in [3.63, 3.8) is 0 Å². The summed E-state index contributed by atoms with van der Waals surface area (Å²) in [6.07, 6.45) is 5.46. The average Bonchev–Trinajstić information content (AvgIpc) is 2.81. The predicted molar refractivity (Wildman–Crippen MR) is 129 cm³/mol. The molecule has 0 aromatic heterocycles. The van der Waals surface area contributed by atoms with Crippen molar-refractivity contribution in [2.24, 2.45) is 0 Å². The van der Waals surface area contributed by atoms with Gasteiger partial charge in [0.05, 0.1) is 6.04 Å². The standard InChI is InChI=1S/C28H33NO2/c1-4-6-18-25(13-5-2)29(28(30)31-21-23-14-8-7-9-15-23)22(3)26-20-12-17-24-16-10-11-19-27(24)26/h5,7-12,14-17,19-20,22,25H,2,4,6,13,18,21H2,1,3H3/t22-,25-/m0/s1. The summed E-state index contributed by atoms with van der Waals surface area (Å²) in [7, 11) is 0. The SMILES string of the molecule is C=CC[C@@H](CCCC)N(C(=O)OCc1ccccc1)[C@@H](C)c1cccc2ccccc12. The molecule has 0 aliphatic heterocycles. The molecule has 0 radical (unpaired) electrons. The van der Waals surface area contributed by atoms with Gasteiger partial charge in [-0.1, -0.05) is 98.6 Å². The van der Waals surface area contributed by atoms with Crippen LogP contribution in [0.5, 0.6) is 0 Å². The molecule has 0 heterocycles. The third-order valence-corrected chi connectivity index (χ3v) is 5.83. The van der Waals surface area contributed by atoms with E-state index in [1.54, 1.807) is 0 Å². The van der Waals surface area contributed by atoms with Gasteiger partial charge < -0.3 is 4.74 Å². The summed E-state index contributed by atoms with van der Waals surface area (Å²) in [4.78, 5) is 15.3. The normalized spacial score (nSPS) is 12.8. The molecular weight excluding hydrogens is 382 g/mol. The van der Waals surface area contributed by atoms with Crippen LogP contribution in [0, 0.1) is 0 Å². The summed E-state index contributed by atoms with van der Waals surface area (Å²) in [5, 5.41) is 2.35. The van der Waals surface area contributed by atoms with Crippen LogP contribution in [0.1, 0.15) is 56.7 Å². The van der Waals surface area contributed by atoms with E-state index in [4.69, 9.17) is 4.74 Å². The first kappa shape index (κ1) is 22.6. The lowest BCUT2D eigenvalue weighted by Gasteiger charge is -2.36. The Labute approximate surface area is 186 Å². The molecule has 0 saturated heterocycles. The number of amides is 1. The number of nitrogens with zero attached hydrogens (tertiary/aromatic N) is 1. The lowest BCUT2D eigenvalue weighted by molar-refractivity contribution is 0.0616. The van der Waals surface area contributed by atoms with Crippen molar-refractivity contribution in [2.75, 3.05) is 0 Å². The summed E-state index contributed by atoms with van der Waals surface area (Å²) >= 11 is 0. The Morgan fingerprint density at radius 3 is 2.48 bits per heavy atom. The van der Waals surface area contributed by atoms with Crippen molar-refractivity contribution >= 4 is 16.9 Å². The van der Waals surface area contributed by atoms with Crippen molar-refractivity contribution < 1.29 is 9.53 Å². The fourth-order valence-corrected chi connectivity index (χ4v) is 4.18. The van der Waals surface area contributed by atoms with E-state index in [-0.39, 0.29) is 24.8 Å². The van der Waals surface area contributed by atoms with Crippen LogP contribution < -0.4 is 0 Å². The first-order valence-electron chi connectivity index (χ1n) is 11.2. The Balaban J connectivity index is 1.93. The smallest absolute Gasteiger partial charge is 0.410 e. The fourth-order valence-electron chi connectivity index (χ4n) is 4.18. The van der Waals surface area contributed by atoms with E-state index in [0.29, 0.717) is 0 Å². The lowest BCUT2D eigenvalue weighted by atomic mass is 9.96. The second kappa shape index (κ2) is 11.4. The van der Waals surface area contributed by atoms with Gasteiger partial charge in [0.25, 0.3) is 0 Å². The zero-order valence-corrected chi connectivity index (χ0v) is 18.7. The average molecular weight is 416 g/mol. The van der Waals surface area contributed by atoms with E-state index in [2.05, 4.69) is 56.8 Å². The van der Waals surface area contributed by atoms with Crippen molar-refractivity contribution in [3.8, 4) is 0 Å². The van der Waals surface area contributed by atoms with E-state index in [0.717, 1.165) is 36.8 Å². The molecule has 1 amide bonds. The van der Waals surface area contributed by atoms with Gasteiger partial charge in [-0.05, 0) is 41.7 Å². The van der Waals surface area contributed by atoms with Gasteiger partial charge in [-0.15, -0.1) is 6.58 Å². The van der Waals surface area contributed by atoms with Crippen molar-refractivity contribution in [2.45, 2.75) is 58.2 Å². The Morgan fingerprint density at radius 2 is 1.74 bits per heavy atom. The molecule has 3 aromatic carbocycles. The van der Waals surface area contributed by atoms with Crippen molar-refractivity contribution in [3.05, 3.63) is 96.6 Å². The molecule has 0 fully saturated rings. The maximum absolute atomic E-state index is 13.4. The minimum atomic E-state index is -0.271. The van der Waals surface area contributed by atoms with Crippen LogP contribution in [-0.4, -0.2) is 17.0 Å². The van der Waals surface area contributed by atoms with Gasteiger partial charge in [0.1, 0.15) is 6.61 Å². The zero-order chi connectivity index (χ0) is 22.1. The number of rotatable bonds is 10. The van der Waals surface area contributed by atoms with Crippen LogP contribution in [0.2, 0.25) is 0 Å². The maximum Gasteiger partial charge on any atom is 0.410 e. The van der Waals surface area contributed by atoms with Gasteiger partial charge >= 0.3 is 6.09 Å². The van der Waals surface area contributed by atoms with E-state index in [1.807, 2.05) is 47.4 Å². The van der Waals surface area contributed by atoms with Crippen LogP contribution >= 0.6 is 0 Å². The van der Waals surface area contributed by atoms with E-state index in [1.165, 1.54) is 10.8 Å². The molecule has 0 unspecified atom stereocenters. The number of carbonyl (C=O) groups is 1. The summed E-state index contributed by atoms with van der Waals surface area (Å²) in [6.45, 7) is 8.50. The molecular formula is C28H33NO2. The van der Waals surface area contributed by atoms with Crippen LogP contribution in [0.15, 0.2) is 85.5 Å². The van der Waals surface area contributed by atoms with Gasteiger partial charge in [0.15, 0.2) is 0 Å². The molecule has 0 bridgehead atoms. The van der Waals surface area contributed by atoms with Gasteiger partial charge in [0.2, 0.25) is 0 Å². The number of carbonyl (C=O) groups excluding carboxylic acids is 1. The molecule has 3 nitrogen and oxygen atoms in total. The molecule has 31 heavy (non-hydrogen) atoms. The quantitative estimate of drug-likeness (QED) is 0.318. The second-order valence-electron chi connectivity index (χ2n) is 8.01. The Bertz CT molecular complexity index is 977. The largest absolute Gasteiger partial charge is 0.445 e. The van der Waals surface area contributed by atoms with E-state index < -0.39 is 0 Å². The topological polar surface area (TPSA) is 29.5 Å². The molecule has 2 atom stereocenters. The van der Waals surface area contributed by atoms with Crippen LogP contribution in [0.3, 0.4) is 0 Å². The highest BCUT2D eigenvalue weighted by Gasteiger charge is 2.30. The number of hydrogen-bond donors (Lipinski definition) is 0. The number of ether oxygens (including phenoxy) is 1. The molecule has 3 aromatic rings. The molecule has 0 spiro atoms. The van der Waals surface area contributed by atoms with E-state index >= 15 is 0 Å². The first-order chi connectivity index (χ1) is 15.2. The predicted octanol–water partition coefficient (Wildman–Crippen LogP) is 7.67. The second-order valence-corrected chi connectivity index (χ2v) is 8.01. The molecule has 162 valence electrons. The van der Waals surface area contributed by atoms with Crippen LogP contribution in [0.25, 0.3) is 10.8 Å². The summed E-state index contributed by atoms with van der Waals surface area (Å²) in [6, 6.07) is 24.4. The maximum atomic E-state index is 13.4. The number of fused-ring (bicyclic) bond motifs is 1. The van der Waals surface area contributed by atoms with Crippen LogP contribution in [0.4, 0.5) is 4.79 Å². The molecule has 3 rings (SSSR count). The highest BCUT2D eigenvalue weighted by atomic mass is 16.6. The van der Waals surface area contributed by atoms with Gasteiger partial charge in [-0.2, -0.15) is 0 Å². The monoisotopic (exact) mass is 415 g/mol. The highest BCUT2D eigenvalue weighted by molar-refractivity contribution is 5.86. The molecule has 0 saturated carbocycles. The van der Waals surface area contributed by atoms with Crippen LogP contribution in [-0.2, 0) is 11.3 Å². The van der Waals surface area contributed by atoms with Gasteiger partial charge in [-0.3, -0.25) is 4.90 Å². The Morgan fingerprint density at radius 1 is 1.03 bits per heavy atom. The minimum Gasteiger partial charge on any atom is -0.445 e. The molecule has 0 aliphatic rings. The number of unbranched alkanes of at least 4 members (excludes halogenated alkanes) is 1. The summed E-state index contributed by atoms with van der Waals surface area (Å²) < 4.78 is 5.80. The summed E-state index contributed by atoms with van der Waals surface area (Å²) in [5.74, 6) is 0. The highest BCUT2D eigenvalue weighted by Crippen LogP contribution is 2.32. The summed E-state index contributed by atoms with van der Waals surface area (Å²) in [5.41, 5.74) is 2.13. The Kier molecular flexibility index (Phi) is 8.28.